The maximum Gasteiger partial charge on any atom is 0.331 e. The highest BCUT2D eigenvalue weighted by molar-refractivity contribution is 5.87. The van der Waals surface area contributed by atoms with Crippen LogP contribution < -0.4 is 9.47 Å². The summed E-state index contributed by atoms with van der Waals surface area (Å²) in [6.07, 6.45) is 8.50. The standard InChI is InChI=1S/C22H25NO4/c1-26-19-7-6-17(10-20(19)27-18-4-2-3-5-18)22(13-23)11-15-8-14(21(24)25)9-16(15)12-22/h6-8,10,15-16,18H,2-5,9,11-12H2,1H3,(H,24,25)/t15-,16+,22-/m1/s1. The molecule has 3 aliphatic rings. The van der Waals surface area contributed by atoms with Gasteiger partial charge in [0.1, 0.15) is 0 Å². The van der Waals surface area contributed by atoms with Gasteiger partial charge in [0, 0.05) is 5.57 Å². The van der Waals surface area contributed by atoms with E-state index in [1.807, 2.05) is 24.3 Å². The fourth-order valence-electron chi connectivity index (χ4n) is 5.08. The Hall–Kier alpha value is -2.48. The molecule has 5 nitrogen and oxygen atoms in total. The highest BCUT2D eigenvalue weighted by Gasteiger charge is 2.49. The number of nitrogens with zero attached hydrogens (tertiary/aromatic N) is 1. The van der Waals surface area contributed by atoms with Crippen molar-refractivity contribution in [1.29, 1.82) is 5.26 Å². The molecule has 1 N–H and O–H groups in total. The van der Waals surface area contributed by atoms with Crippen LogP contribution in [0.2, 0.25) is 0 Å². The molecular formula is C22H25NO4. The minimum absolute atomic E-state index is 0.164. The summed E-state index contributed by atoms with van der Waals surface area (Å²) in [5, 5.41) is 19.3. The number of nitriles is 1. The maximum atomic E-state index is 11.2. The molecule has 0 unspecified atom stereocenters. The van der Waals surface area contributed by atoms with Gasteiger partial charge < -0.3 is 14.6 Å². The molecule has 2 fully saturated rings. The summed E-state index contributed by atoms with van der Waals surface area (Å²) in [5.74, 6) is 0.984. The van der Waals surface area contributed by atoms with E-state index in [4.69, 9.17) is 9.47 Å². The first kappa shape index (κ1) is 17.9. The quantitative estimate of drug-likeness (QED) is 0.843. The topological polar surface area (TPSA) is 79.5 Å². The third-order valence-electron chi connectivity index (χ3n) is 6.50. The van der Waals surface area contributed by atoms with Crippen LogP contribution in [-0.2, 0) is 10.2 Å². The summed E-state index contributed by atoms with van der Waals surface area (Å²) in [5.41, 5.74) is 0.866. The van der Waals surface area contributed by atoms with Crippen LogP contribution in [0.3, 0.4) is 0 Å². The van der Waals surface area contributed by atoms with Crippen LogP contribution >= 0.6 is 0 Å². The average Bonchev–Trinajstić information content (AvgIpc) is 3.36. The van der Waals surface area contributed by atoms with Gasteiger partial charge in [0.05, 0.1) is 24.7 Å². The Morgan fingerprint density at radius 3 is 2.67 bits per heavy atom. The van der Waals surface area contributed by atoms with Gasteiger partial charge in [0.2, 0.25) is 0 Å². The summed E-state index contributed by atoms with van der Waals surface area (Å²) < 4.78 is 11.7. The molecular weight excluding hydrogens is 342 g/mol. The molecule has 0 aromatic heterocycles. The van der Waals surface area contributed by atoms with Gasteiger partial charge in [-0.15, -0.1) is 0 Å². The van der Waals surface area contributed by atoms with Crippen LogP contribution in [0, 0.1) is 23.2 Å². The molecule has 0 radical (unpaired) electrons. The van der Waals surface area contributed by atoms with Crippen molar-refractivity contribution < 1.29 is 19.4 Å². The summed E-state index contributed by atoms with van der Waals surface area (Å²) in [4.78, 5) is 11.2. The lowest BCUT2D eigenvalue weighted by molar-refractivity contribution is -0.132. The number of carboxylic acids is 1. The third-order valence-corrected chi connectivity index (χ3v) is 6.50. The predicted molar refractivity (Wildman–Crippen MR) is 99.7 cm³/mol. The molecule has 142 valence electrons. The molecule has 1 aromatic carbocycles. The lowest BCUT2D eigenvalue weighted by atomic mass is 9.78. The van der Waals surface area contributed by atoms with E-state index in [0.29, 0.717) is 30.6 Å². The lowest BCUT2D eigenvalue weighted by Gasteiger charge is -2.24. The zero-order chi connectivity index (χ0) is 19.0. The highest BCUT2D eigenvalue weighted by atomic mass is 16.5. The number of aliphatic carboxylic acids is 1. The molecule has 0 spiro atoms. The minimum Gasteiger partial charge on any atom is -0.493 e. The molecule has 1 aromatic rings. The minimum atomic E-state index is -0.830. The number of methoxy groups -OCH3 is 1. The van der Waals surface area contributed by atoms with Crippen LogP contribution in [0.4, 0.5) is 0 Å². The number of rotatable bonds is 5. The van der Waals surface area contributed by atoms with Crippen molar-refractivity contribution in [2.45, 2.75) is 56.5 Å². The molecule has 0 amide bonds. The van der Waals surface area contributed by atoms with Gasteiger partial charge in [0.25, 0.3) is 0 Å². The van der Waals surface area contributed by atoms with Crippen LogP contribution in [0.15, 0.2) is 29.8 Å². The van der Waals surface area contributed by atoms with Gasteiger partial charge in [0.15, 0.2) is 11.5 Å². The van der Waals surface area contributed by atoms with Crippen molar-refractivity contribution in [3.63, 3.8) is 0 Å². The number of allylic oxidation sites excluding steroid dienone is 1. The van der Waals surface area contributed by atoms with Crippen molar-refractivity contribution in [2.24, 2.45) is 11.8 Å². The first-order valence-electron chi connectivity index (χ1n) is 9.75. The van der Waals surface area contributed by atoms with Crippen molar-refractivity contribution in [2.75, 3.05) is 7.11 Å². The molecule has 2 saturated carbocycles. The highest BCUT2D eigenvalue weighted by Crippen LogP contribution is 2.53. The first-order valence-corrected chi connectivity index (χ1v) is 9.75. The Bertz CT molecular complexity index is 818. The fourth-order valence-corrected chi connectivity index (χ4v) is 5.08. The molecule has 0 aliphatic heterocycles. The van der Waals surface area contributed by atoms with Crippen LogP contribution in [0.25, 0.3) is 0 Å². The van der Waals surface area contributed by atoms with Crippen molar-refractivity contribution in [3.05, 3.63) is 35.4 Å². The Kier molecular flexibility index (Phi) is 4.59. The van der Waals surface area contributed by atoms with Gasteiger partial charge in [-0.1, -0.05) is 12.1 Å². The second-order valence-electron chi connectivity index (χ2n) is 8.12. The molecule has 27 heavy (non-hydrogen) atoms. The fraction of sp³-hybridized carbons (Fsp3) is 0.545. The molecule has 4 rings (SSSR count). The monoisotopic (exact) mass is 367 g/mol. The van der Waals surface area contributed by atoms with Gasteiger partial charge in [-0.25, -0.2) is 4.79 Å². The third kappa shape index (κ3) is 3.18. The van der Waals surface area contributed by atoms with E-state index < -0.39 is 11.4 Å². The Morgan fingerprint density at radius 2 is 2.04 bits per heavy atom. The maximum absolute atomic E-state index is 11.2. The van der Waals surface area contributed by atoms with E-state index in [-0.39, 0.29) is 17.9 Å². The van der Waals surface area contributed by atoms with E-state index in [1.54, 1.807) is 7.11 Å². The zero-order valence-corrected chi connectivity index (χ0v) is 15.6. The Morgan fingerprint density at radius 1 is 1.26 bits per heavy atom. The SMILES string of the molecule is COc1ccc([C@@]2(C#N)C[C@@H]3CC(C(=O)O)=C[C@@H]3C2)cc1OC1CCCC1. The lowest BCUT2D eigenvalue weighted by Crippen LogP contribution is -2.22. The number of hydrogen-bond acceptors (Lipinski definition) is 4. The van der Waals surface area contributed by atoms with E-state index in [2.05, 4.69) is 6.07 Å². The summed E-state index contributed by atoms with van der Waals surface area (Å²) >= 11 is 0. The Balaban J connectivity index is 1.62. The molecule has 0 heterocycles. The van der Waals surface area contributed by atoms with E-state index in [0.717, 1.165) is 24.2 Å². The average molecular weight is 367 g/mol. The van der Waals surface area contributed by atoms with Gasteiger partial charge in [-0.2, -0.15) is 5.26 Å². The normalized spacial score (nSPS) is 29.9. The Labute approximate surface area is 159 Å². The van der Waals surface area contributed by atoms with E-state index >= 15 is 0 Å². The number of carbonyl (C=O) groups is 1. The molecule has 0 bridgehead atoms. The predicted octanol–water partition coefficient (Wildman–Crippen LogP) is 4.22. The number of carboxylic acid groups (broad SMARTS) is 1. The summed E-state index contributed by atoms with van der Waals surface area (Å²) in [7, 11) is 1.63. The van der Waals surface area contributed by atoms with Crippen LogP contribution in [0.5, 0.6) is 11.5 Å². The molecule has 5 heteroatoms. The number of hydrogen-bond donors (Lipinski definition) is 1. The second-order valence-corrected chi connectivity index (χ2v) is 8.12. The number of fused-ring (bicyclic) bond motifs is 1. The molecule has 3 aliphatic carbocycles. The summed E-state index contributed by atoms with van der Waals surface area (Å²) in [6, 6.07) is 8.39. The van der Waals surface area contributed by atoms with Crippen molar-refractivity contribution in [3.8, 4) is 17.6 Å². The number of ether oxygens (including phenoxy) is 2. The largest absolute Gasteiger partial charge is 0.493 e. The second kappa shape index (κ2) is 6.92. The van der Waals surface area contributed by atoms with Crippen molar-refractivity contribution in [1.82, 2.24) is 0 Å². The van der Waals surface area contributed by atoms with Crippen LogP contribution in [0.1, 0.15) is 50.5 Å². The van der Waals surface area contributed by atoms with E-state index in [9.17, 15) is 15.2 Å². The van der Waals surface area contributed by atoms with E-state index in [1.165, 1.54) is 12.8 Å². The zero-order valence-electron chi connectivity index (χ0n) is 15.6. The number of benzene rings is 1. The van der Waals surface area contributed by atoms with Crippen molar-refractivity contribution >= 4 is 5.97 Å². The van der Waals surface area contributed by atoms with Gasteiger partial charge >= 0.3 is 5.97 Å². The first-order chi connectivity index (χ1) is 13.0. The molecule has 3 atom stereocenters. The van der Waals surface area contributed by atoms with Crippen LogP contribution in [-0.4, -0.2) is 24.3 Å². The summed E-state index contributed by atoms with van der Waals surface area (Å²) in [6.45, 7) is 0. The molecule has 0 saturated heterocycles. The smallest absolute Gasteiger partial charge is 0.331 e. The van der Waals surface area contributed by atoms with Gasteiger partial charge in [-0.3, -0.25) is 0 Å². The van der Waals surface area contributed by atoms with Gasteiger partial charge in [-0.05, 0) is 74.5 Å².